The van der Waals surface area contributed by atoms with Crippen LogP contribution in [0.2, 0.25) is 0 Å². The van der Waals surface area contributed by atoms with E-state index in [1.165, 1.54) is 0 Å². The van der Waals surface area contributed by atoms with Crippen LogP contribution >= 0.6 is 24.0 Å². The van der Waals surface area contributed by atoms with Crippen molar-refractivity contribution < 1.29 is 14.3 Å². The highest BCUT2D eigenvalue weighted by molar-refractivity contribution is 14.0. The van der Waals surface area contributed by atoms with Gasteiger partial charge in [-0.15, -0.1) is 24.0 Å². The summed E-state index contributed by atoms with van der Waals surface area (Å²) in [6.07, 6.45) is 1.55. The highest BCUT2D eigenvalue weighted by atomic mass is 127. The fourth-order valence-electron chi connectivity index (χ4n) is 1.95. The van der Waals surface area contributed by atoms with Crippen LogP contribution in [0.1, 0.15) is 47.5 Å². The Labute approximate surface area is 170 Å². The van der Waals surface area contributed by atoms with Gasteiger partial charge in [0.1, 0.15) is 5.60 Å². The maximum absolute atomic E-state index is 12.2. The summed E-state index contributed by atoms with van der Waals surface area (Å²) in [6, 6.07) is 0. The van der Waals surface area contributed by atoms with E-state index in [9.17, 15) is 4.79 Å². The number of aliphatic imine (C=N–C) groups is 1. The number of carbonyl (C=O) groups is 1. The van der Waals surface area contributed by atoms with Gasteiger partial charge in [0.05, 0.1) is 0 Å². The molecule has 0 saturated carbocycles. The van der Waals surface area contributed by atoms with E-state index in [0.29, 0.717) is 19.6 Å². The monoisotopic (exact) mass is 472 g/mol. The van der Waals surface area contributed by atoms with Gasteiger partial charge in [-0.05, 0) is 40.5 Å². The van der Waals surface area contributed by atoms with E-state index in [0.717, 1.165) is 38.6 Å². The molecule has 0 bridgehead atoms. The van der Waals surface area contributed by atoms with Crippen molar-refractivity contribution in [3.8, 4) is 0 Å². The van der Waals surface area contributed by atoms with Gasteiger partial charge in [-0.25, -0.2) is 4.79 Å². The first-order valence-electron chi connectivity index (χ1n) is 8.84. The Kier molecular flexibility index (Phi) is 16.4. The van der Waals surface area contributed by atoms with Gasteiger partial charge in [0.25, 0.3) is 0 Å². The minimum Gasteiger partial charge on any atom is -0.444 e. The van der Waals surface area contributed by atoms with Crippen LogP contribution in [-0.2, 0) is 9.47 Å². The minimum absolute atomic E-state index is 0. The molecule has 0 aromatic rings. The maximum atomic E-state index is 12.2. The molecule has 0 saturated heterocycles. The molecule has 150 valence electrons. The Bertz CT molecular complexity index is 373. The van der Waals surface area contributed by atoms with Crippen molar-refractivity contribution in [3.05, 3.63) is 0 Å². The van der Waals surface area contributed by atoms with Crippen molar-refractivity contribution in [1.29, 1.82) is 0 Å². The van der Waals surface area contributed by atoms with Gasteiger partial charge in [0.2, 0.25) is 0 Å². The van der Waals surface area contributed by atoms with Crippen LogP contribution in [0.3, 0.4) is 0 Å². The Morgan fingerprint density at radius 1 is 1.12 bits per heavy atom. The van der Waals surface area contributed by atoms with Gasteiger partial charge < -0.3 is 25.0 Å². The molecule has 0 rings (SSSR count). The number of guanidine groups is 1. The summed E-state index contributed by atoms with van der Waals surface area (Å²) in [5, 5.41) is 6.44. The summed E-state index contributed by atoms with van der Waals surface area (Å²) in [7, 11) is 1.73. The van der Waals surface area contributed by atoms with Crippen molar-refractivity contribution in [2.75, 3.05) is 46.4 Å². The molecule has 2 N–H and O–H groups in total. The second-order valence-corrected chi connectivity index (χ2v) is 6.44. The largest absolute Gasteiger partial charge is 0.444 e. The molecule has 25 heavy (non-hydrogen) atoms. The molecular formula is C17H37IN4O3. The van der Waals surface area contributed by atoms with E-state index in [2.05, 4.69) is 15.6 Å². The van der Waals surface area contributed by atoms with Crippen molar-refractivity contribution in [2.45, 2.75) is 53.1 Å². The first-order valence-corrected chi connectivity index (χ1v) is 8.84. The predicted molar refractivity (Wildman–Crippen MR) is 114 cm³/mol. The standard InChI is InChI=1S/C17H36N4O3.HI/c1-7-12-21(16(22)24-17(3,4)5)13-11-20-15(18-6)19-10-9-14-23-8-2;/h7-14H2,1-6H3,(H2,18,19,20);1H. The molecule has 0 aliphatic carbocycles. The molecular weight excluding hydrogens is 435 g/mol. The lowest BCUT2D eigenvalue weighted by Gasteiger charge is -2.27. The van der Waals surface area contributed by atoms with Gasteiger partial charge >= 0.3 is 6.09 Å². The number of hydrogen-bond donors (Lipinski definition) is 2. The zero-order valence-corrected chi connectivity index (χ0v) is 19.0. The van der Waals surface area contributed by atoms with Crippen molar-refractivity contribution in [3.63, 3.8) is 0 Å². The van der Waals surface area contributed by atoms with Gasteiger partial charge in [-0.2, -0.15) is 0 Å². The Morgan fingerprint density at radius 3 is 2.28 bits per heavy atom. The van der Waals surface area contributed by atoms with Crippen LogP contribution in [0.25, 0.3) is 0 Å². The molecule has 0 radical (unpaired) electrons. The van der Waals surface area contributed by atoms with Crippen molar-refractivity contribution in [2.24, 2.45) is 4.99 Å². The van der Waals surface area contributed by atoms with E-state index in [1.807, 2.05) is 34.6 Å². The lowest BCUT2D eigenvalue weighted by Crippen LogP contribution is -2.44. The number of carbonyl (C=O) groups excluding carboxylic acids is 1. The highest BCUT2D eigenvalue weighted by Gasteiger charge is 2.21. The summed E-state index contributed by atoms with van der Waals surface area (Å²) < 4.78 is 10.7. The number of rotatable bonds is 10. The van der Waals surface area contributed by atoms with Crippen LogP contribution in [0, 0.1) is 0 Å². The number of ether oxygens (including phenoxy) is 2. The molecule has 0 aliphatic heterocycles. The molecule has 0 aliphatic rings. The Hall–Kier alpha value is -0.770. The first-order chi connectivity index (χ1) is 11.3. The van der Waals surface area contributed by atoms with Gasteiger partial charge in [-0.1, -0.05) is 6.92 Å². The van der Waals surface area contributed by atoms with Crippen LogP contribution < -0.4 is 10.6 Å². The second-order valence-electron chi connectivity index (χ2n) is 6.44. The smallest absolute Gasteiger partial charge is 0.410 e. The summed E-state index contributed by atoms with van der Waals surface area (Å²) in [6.45, 7) is 13.8. The predicted octanol–water partition coefficient (Wildman–Crippen LogP) is 2.84. The topological polar surface area (TPSA) is 75.2 Å². The van der Waals surface area contributed by atoms with E-state index in [4.69, 9.17) is 9.47 Å². The number of nitrogens with zero attached hydrogens (tertiary/aromatic N) is 2. The van der Waals surface area contributed by atoms with Crippen molar-refractivity contribution >= 4 is 36.0 Å². The van der Waals surface area contributed by atoms with Gasteiger partial charge in [0.15, 0.2) is 5.96 Å². The number of nitrogens with one attached hydrogen (secondary N) is 2. The Balaban J connectivity index is 0. The summed E-state index contributed by atoms with van der Waals surface area (Å²) >= 11 is 0. The maximum Gasteiger partial charge on any atom is 0.410 e. The lowest BCUT2D eigenvalue weighted by molar-refractivity contribution is 0.0253. The molecule has 0 fully saturated rings. The number of halogens is 1. The number of hydrogen-bond acceptors (Lipinski definition) is 4. The normalized spacial score (nSPS) is 11.5. The highest BCUT2D eigenvalue weighted by Crippen LogP contribution is 2.09. The van der Waals surface area contributed by atoms with Gasteiger partial charge in [-0.3, -0.25) is 4.99 Å². The summed E-state index contributed by atoms with van der Waals surface area (Å²) in [4.78, 5) is 18.1. The van der Waals surface area contributed by atoms with Crippen molar-refractivity contribution in [1.82, 2.24) is 15.5 Å². The summed E-state index contributed by atoms with van der Waals surface area (Å²) in [5.41, 5.74) is -0.478. The van der Waals surface area contributed by atoms with E-state index in [1.54, 1.807) is 11.9 Å². The molecule has 7 nitrogen and oxygen atoms in total. The third-order valence-corrected chi connectivity index (χ3v) is 3.01. The molecule has 0 aromatic carbocycles. The third kappa shape index (κ3) is 15.2. The third-order valence-electron chi connectivity index (χ3n) is 3.01. The van der Waals surface area contributed by atoms with Crippen LogP contribution in [0.4, 0.5) is 4.79 Å². The molecule has 1 amide bonds. The zero-order chi connectivity index (χ0) is 18.4. The van der Waals surface area contributed by atoms with Crippen LogP contribution in [0.5, 0.6) is 0 Å². The van der Waals surface area contributed by atoms with E-state index < -0.39 is 5.60 Å². The average molecular weight is 472 g/mol. The number of amides is 1. The summed E-state index contributed by atoms with van der Waals surface area (Å²) in [5.74, 6) is 0.729. The quantitative estimate of drug-likeness (QED) is 0.221. The second kappa shape index (κ2) is 15.5. The lowest BCUT2D eigenvalue weighted by atomic mass is 10.2. The SMILES string of the molecule is CCCN(CCNC(=NC)NCCCOCC)C(=O)OC(C)(C)C.I. The van der Waals surface area contributed by atoms with Crippen LogP contribution in [0.15, 0.2) is 4.99 Å². The van der Waals surface area contributed by atoms with Crippen LogP contribution in [-0.4, -0.2) is 69.0 Å². The minimum atomic E-state index is -0.478. The average Bonchev–Trinajstić information content (AvgIpc) is 2.50. The fourth-order valence-corrected chi connectivity index (χ4v) is 1.95. The van der Waals surface area contributed by atoms with E-state index in [-0.39, 0.29) is 30.1 Å². The van der Waals surface area contributed by atoms with E-state index >= 15 is 0 Å². The van der Waals surface area contributed by atoms with Gasteiger partial charge in [0, 0.05) is 46.4 Å². The molecule has 0 atom stereocenters. The first kappa shape index (κ1) is 26.5. The molecule has 0 spiro atoms. The fraction of sp³-hybridized carbons (Fsp3) is 0.882. The molecule has 0 aromatic heterocycles. The molecule has 8 heteroatoms. The molecule has 0 heterocycles. The zero-order valence-electron chi connectivity index (χ0n) is 16.7. The Morgan fingerprint density at radius 2 is 1.76 bits per heavy atom. The molecule has 0 unspecified atom stereocenters.